The number of non-ortho nitro benzene ring substituents is 1. The second-order valence-electron chi connectivity index (χ2n) is 4.70. The highest BCUT2D eigenvalue weighted by atomic mass is 32.1. The van der Waals surface area contributed by atoms with E-state index >= 15 is 0 Å². The summed E-state index contributed by atoms with van der Waals surface area (Å²) in [5, 5.41) is 22.6. The normalized spacial score (nSPS) is 10.3. The molecule has 2 rings (SSSR count). The molecule has 1 aromatic carbocycles. The number of rotatable bonds is 7. The number of ether oxygens (including phenoxy) is 1. The van der Waals surface area contributed by atoms with E-state index in [4.69, 9.17) is 4.74 Å². The van der Waals surface area contributed by atoms with Gasteiger partial charge in [-0.3, -0.25) is 20.2 Å². The predicted octanol–water partition coefficient (Wildman–Crippen LogP) is 3.05. The molecule has 0 aliphatic rings. The minimum Gasteiger partial charge on any atom is -0.496 e. The first-order chi connectivity index (χ1) is 11.0. The summed E-state index contributed by atoms with van der Waals surface area (Å²) in [6, 6.07) is 3.84. The number of anilines is 1. The zero-order valence-corrected chi connectivity index (χ0v) is 13.6. The van der Waals surface area contributed by atoms with E-state index in [1.807, 2.05) is 0 Å². The number of hydrogen-bond acceptors (Lipinski definition) is 7. The van der Waals surface area contributed by atoms with Gasteiger partial charge in [-0.05, 0) is 12.5 Å². The van der Waals surface area contributed by atoms with Crippen molar-refractivity contribution in [2.75, 3.05) is 12.4 Å². The van der Waals surface area contributed by atoms with Crippen LogP contribution < -0.4 is 10.1 Å². The van der Waals surface area contributed by atoms with Crippen LogP contribution in [0.1, 0.15) is 35.1 Å². The van der Waals surface area contributed by atoms with Crippen LogP contribution in [0.3, 0.4) is 0 Å². The van der Waals surface area contributed by atoms with Gasteiger partial charge >= 0.3 is 0 Å². The number of hydrogen-bond donors (Lipinski definition) is 1. The minimum absolute atomic E-state index is 0.0759. The number of methoxy groups -OCH3 is 1. The summed E-state index contributed by atoms with van der Waals surface area (Å²) in [4.78, 5) is 22.6. The zero-order valence-electron chi connectivity index (χ0n) is 12.7. The number of carbonyl (C=O) groups excluding carboxylic acids is 1. The van der Waals surface area contributed by atoms with Crippen molar-refractivity contribution < 1.29 is 14.5 Å². The molecule has 0 aliphatic carbocycles. The van der Waals surface area contributed by atoms with E-state index in [9.17, 15) is 14.9 Å². The number of nitro benzene ring substituents is 1. The Balaban J connectivity index is 2.18. The van der Waals surface area contributed by atoms with E-state index in [1.54, 1.807) is 0 Å². The third-order valence-electron chi connectivity index (χ3n) is 3.07. The van der Waals surface area contributed by atoms with Crippen molar-refractivity contribution in [3.63, 3.8) is 0 Å². The Hall–Kier alpha value is -2.55. The van der Waals surface area contributed by atoms with Gasteiger partial charge in [0.25, 0.3) is 11.6 Å². The summed E-state index contributed by atoms with van der Waals surface area (Å²) in [6.07, 6.45) is 2.86. The molecule has 9 heteroatoms. The topological polar surface area (TPSA) is 107 Å². The number of nitrogens with zero attached hydrogens (tertiary/aromatic N) is 3. The van der Waals surface area contributed by atoms with Gasteiger partial charge < -0.3 is 4.74 Å². The highest BCUT2D eigenvalue weighted by molar-refractivity contribution is 7.15. The molecule has 0 bridgehead atoms. The van der Waals surface area contributed by atoms with Crippen LogP contribution in [0.15, 0.2) is 18.2 Å². The minimum atomic E-state index is -0.565. The van der Waals surface area contributed by atoms with Gasteiger partial charge in [0, 0.05) is 18.6 Å². The summed E-state index contributed by atoms with van der Waals surface area (Å²) < 4.78 is 5.08. The van der Waals surface area contributed by atoms with Gasteiger partial charge in [-0.25, -0.2) is 0 Å². The summed E-state index contributed by atoms with van der Waals surface area (Å²) in [7, 11) is 1.39. The molecule has 122 valence electrons. The first-order valence-electron chi connectivity index (χ1n) is 7.01. The Morgan fingerprint density at radius 2 is 2.22 bits per heavy atom. The lowest BCUT2D eigenvalue weighted by Gasteiger charge is -2.07. The van der Waals surface area contributed by atoms with Crippen LogP contribution in [0.25, 0.3) is 0 Å². The van der Waals surface area contributed by atoms with Gasteiger partial charge in [0.05, 0.1) is 17.6 Å². The number of benzene rings is 1. The molecule has 1 aromatic heterocycles. The van der Waals surface area contributed by atoms with E-state index < -0.39 is 10.8 Å². The molecule has 0 spiro atoms. The summed E-state index contributed by atoms with van der Waals surface area (Å²) in [5.41, 5.74) is -0.108. The molecule has 0 unspecified atom stereocenters. The Kier molecular flexibility index (Phi) is 5.58. The van der Waals surface area contributed by atoms with Crippen LogP contribution in [0.4, 0.5) is 10.8 Å². The van der Waals surface area contributed by atoms with Gasteiger partial charge in [-0.1, -0.05) is 24.7 Å². The molecule has 0 aliphatic heterocycles. The Labute approximate surface area is 136 Å². The number of aryl methyl sites for hydroxylation is 1. The van der Waals surface area contributed by atoms with E-state index in [1.165, 1.54) is 36.6 Å². The summed E-state index contributed by atoms with van der Waals surface area (Å²) >= 11 is 1.29. The zero-order chi connectivity index (χ0) is 16.8. The fourth-order valence-electron chi connectivity index (χ4n) is 1.88. The van der Waals surface area contributed by atoms with Crippen molar-refractivity contribution in [3.8, 4) is 5.75 Å². The predicted molar refractivity (Wildman–Crippen MR) is 86.1 cm³/mol. The lowest BCUT2D eigenvalue weighted by molar-refractivity contribution is -0.384. The van der Waals surface area contributed by atoms with Gasteiger partial charge in [0.2, 0.25) is 5.13 Å². The molecule has 8 nitrogen and oxygen atoms in total. The van der Waals surface area contributed by atoms with Crippen molar-refractivity contribution in [1.82, 2.24) is 10.2 Å². The van der Waals surface area contributed by atoms with Crippen LogP contribution in [-0.2, 0) is 6.42 Å². The SMILES string of the molecule is CCCCc1nnc(NC(=O)c2cc([N+](=O)[O-])ccc2OC)s1. The third kappa shape index (κ3) is 4.22. The monoisotopic (exact) mass is 336 g/mol. The Morgan fingerprint density at radius 3 is 2.87 bits per heavy atom. The lowest BCUT2D eigenvalue weighted by Crippen LogP contribution is -2.13. The molecular formula is C14H16N4O4S. The average molecular weight is 336 g/mol. The van der Waals surface area contributed by atoms with E-state index in [2.05, 4.69) is 22.4 Å². The van der Waals surface area contributed by atoms with E-state index in [-0.39, 0.29) is 17.0 Å². The highest BCUT2D eigenvalue weighted by Crippen LogP contribution is 2.25. The molecule has 0 radical (unpaired) electrons. The van der Waals surface area contributed by atoms with Crippen molar-refractivity contribution in [2.45, 2.75) is 26.2 Å². The number of aromatic nitrogens is 2. The summed E-state index contributed by atoms with van der Waals surface area (Å²) in [6.45, 7) is 2.08. The number of unbranched alkanes of at least 4 members (excludes halogenated alkanes) is 1. The average Bonchev–Trinajstić information content (AvgIpc) is 2.99. The Morgan fingerprint density at radius 1 is 1.43 bits per heavy atom. The van der Waals surface area contributed by atoms with Crippen LogP contribution >= 0.6 is 11.3 Å². The molecule has 0 saturated heterocycles. The summed E-state index contributed by atoms with van der Waals surface area (Å²) in [5.74, 6) is -0.271. The quantitative estimate of drug-likeness (QED) is 0.615. The number of nitro groups is 1. The second kappa shape index (κ2) is 7.63. The van der Waals surface area contributed by atoms with Gasteiger partial charge in [-0.15, -0.1) is 10.2 Å². The molecule has 1 amide bonds. The maximum Gasteiger partial charge on any atom is 0.270 e. The smallest absolute Gasteiger partial charge is 0.270 e. The van der Waals surface area contributed by atoms with Crippen LogP contribution in [0, 0.1) is 10.1 Å². The van der Waals surface area contributed by atoms with E-state index in [0.29, 0.717) is 5.13 Å². The van der Waals surface area contributed by atoms with Gasteiger partial charge in [0.1, 0.15) is 10.8 Å². The number of carbonyl (C=O) groups is 1. The van der Waals surface area contributed by atoms with Crippen molar-refractivity contribution in [2.24, 2.45) is 0 Å². The molecule has 0 atom stereocenters. The molecule has 2 aromatic rings. The van der Waals surface area contributed by atoms with Crippen LogP contribution in [-0.4, -0.2) is 28.1 Å². The van der Waals surface area contributed by atoms with Crippen LogP contribution in [0.5, 0.6) is 5.75 Å². The molecule has 1 heterocycles. The first kappa shape index (κ1) is 16.8. The third-order valence-corrected chi connectivity index (χ3v) is 3.97. The van der Waals surface area contributed by atoms with Gasteiger partial charge in [0.15, 0.2) is 0 Å². The van der Waals surface area contributed by atoms with E-state index in [0.717, 1.165) is 24.3 Å². The standard InChI is InChI=1S/C14H16N4O4S/c1-3-4-5-12-16-17-14(23-12)15-13(19)10-8-9(18(20)21)6-7-11(10)22-2/h6-8H,3-5H2,1-2H3,(H,15,17,19). The highest BCUT2D eigenvalue weighted by Gasteiger charge is 2.18. The second-order valence-corrected chi connectivity index (χ2v) is 5.76. The van der Waals surface area contributed by atoms with Crippen molar-refractivity contribution in [3.05, 3.63) is 38.9 Å². The maximum absolute atomic E-state index is 12.3. The lowest BCUT2D eigenvalue weighted by atomic mass is 10.1. The fourth-order valence-corrected chi connectivity index (χ4v) is 2.66. The Bertz CT molecular complexity index is 717. The van der Waals surface area contributed by atoms with Crippen LogP contribution in [0.2, 0.25) is 0 Å². The number of amides is 1. The molecule has 1 N–H and O–H groups in total. The molecule has 23 heavy (non-hydrogen) atoms. The van der Waals surface area contributed by atoms with Gasteiger partial charge in [-0.2, -0.15) is 0 Å². The molecule has 0 fully saturated rings. The van der Waals surface area contributed by atoms with Crippen molar-refractivity contribution >= 4 is 28.1 Å². The largest absolute Gasteiger partial charge is 0.496 e. The molecule has 0 saturated carbocycles. The number of nitrogens with one attached hydrogen (secondary N) is 1. The first-order valence-corrected chi connectivity index (χ1v) is 7.83. The van der Waals surface area contributed by atoms with Crippen molar-refractivity contribution in [1.29, 1.82) is 0 Å². The fraction of sp³-hybridized carbons (Fsp3) is 0.357. The molecular weight excluding hydrogens is 320 g/mol. The maximum atomic E-state index is 12.3.